The number of carbonyl (C=O) groups excluding carboxylic acids is 2. The van der Waals surface area contributed by atoms with Crippen molar-refractivity contribution in [2.45, 2.75) is 38.8 Å². The van der Waals surface area contributed by atoms with Crippen LogP contribution in [0.2, 0.25) is 0 Å². The summed E-state index contributed by atoms with van der Waals surface area (Å²) in [7, 11) is 1.91. The van der Waals surface area contributed by atoms with Crippen LogP contribution in [-0.2, 0) is 9.59 Å². The van der Waals surface area contributed by atoms with E-state index in [1.807, 2.05) is 11.9 Å². The molecular formula is C11H22ClN3O2. The Morgan fingerprint density at radius 3 is 2.59 bits per heavy atom. The number of hydrogen-bond acceptors (Lipinski definition) is 3. The minimum absolute atomic E-state index is 0. The highest BCUT2D eigenvalue weighted by molar-refractivity contribution is 5.86. The lowest BCUT2D eigenvalue weighted by Crippen LogP contribution is -2.52. The molecule has 5 nitrogen and oxygen atoms in total. The van der Waals surface area contributed by atoms with E-state index < -0.39 is 6.04 Å². The van der Waals surface area contributed by atoms with Crippen molar-refractivity contribution in [3.05, 3.63) is 0 Å². The van der Waals surface area contributed by atoms with Crippen LogP contribution in [0, 0.1) is 0 Å². The van der Waals surface area contributed by atoms with E-state index in [9.17, 15) is 9.59 Å². The van der Waals surface area contributed by atoms with Gasteiger partial charge in [0.1, 0.15) is 6.04 Å². The molecule has 0 bridgehead atoms. The summed E-state index contributed by atoms with van der Waals surface area (Å²) in [5.41, 5.74) is 0. The molecule has 2 amide bonds. The largest absolute Gasteiger partial charge is 0.345 e. The average Bonchev–Trinajstić information content (AvgIpc) is 2.27. The first-order valence-corrected chi connectivity index (χ1v) is 5.77. The van der Waals surface area contributed by atoms with Crippen LogP contribution in [0.4, 0.5) is 0 Å². The van der Waals surface area contributed by atoms with E-state index >= 15 is 0 Å². The van der Waals surface area contributed by atoms with E-state index in [0.29, 0.717) is 6.04 Å². The monoisotopic (exact) mass is 263 g/mol. The van der Waals surface area contributed by atoms with Gasteiger partial charge in [0.05, 0.1) is 0 Å². The number of likely N-dealkylation sites (tertiary alicyclic amines) is 1. The summed E-state index contributed by atoms with van der Waals surface area (Å²) < 4.78 is 0. The SMILES string of the molecule is CNC1CCCN(C(=O)C(C)NC(C)=O)C1.Cl. The minimum Gasteiger partial charge on any atom is -0.345 e. The Balaban J connectivity index is 0.00000256. The standard InChI is InChI=1S/C11H21N3O2.ClH/c1-8(13-9(2)15)11(16)14-6-4-5-10(7-14)12-3;/h8,10,12H,4-7H2,1-3H3,(H,13,15);1H. The zero-order chi connectivity index (χ0) is 12.1. The van der Waals surface area contributed by atoms with E-state index in [4.69, 9.17) is 0 Å². The fourth-order valence-corrected chi connectivity index (χ4v) is 2.05. The lowest BCUT2D eigenvalue weighted by atomic mass is 10.1. The fraction of sp³-hybridized carbons (Fsp3) is 0.818. The molecule has 2 atom stereocenters. The molecule has 1 heterocycles. The molecule has 1 aliphatic rings. The summed E-state index contributed by atoms with van der Waals surface area (Å²) in [6.45, 7) is 4.68. The third-order valence-electron chi connectivity index (χ3n) is 2.93. The van der Waals surface area contributed by atoms with E-state index in [2.05, 4.69) is 10.6 Å². The zero-order valence-electron chi connectivity index (χ0n) is 10.7. The van der Waals surface area contributed by atoms with Crippen LogP contribution < -0.4 is 10.6 Å². The van der Waals surface area contributed by atoms with Crippen molar-refractivity contribution in [1.82, 2.24) is 15.5 Å². The lowest BCUT2D eigenvalue weighted by Gasteiger charge is -2.34. The molecule has 0 aromatic rings. The molecule has 0 saturated carbocycles. The van der Waals surface area contributed by atoms with Crippen LogP contribution in [0.5, 0.6) is 0 Å². The van der Waals surface area contributed by atoms with Gasteiger partial charge in [-0.3, -0.25) is 9.59 Å². The van der Waals surface area contributed by atoms with Gasteiger partial charge in [0.2, 0.25) is 11.8 Å². The molecule has 0 aromatic heterocycles. The molecule has 1 fully saturated rings. The molecule has 0 radical (unpaired) electrons. The predicted molar refractivity (Wildman–Crippen MR) is 69.2 cm³/mol. The van der Waals surface area contributed by atoms with Crippen molar-refractivity contribution in [3.8, 4) is 0 Å². The second kappa shape index (κ2) is 7.50. The van der Waals surface area contributed by atoms with Gasteiger partial charge in [-0.2, -0.15) is 0 Å². The van der Waals surface area contributed by atoms with Crippen LogP contribution in [0.25, 0.3) is 0 Å². The van der Waals surface area contributed by atoms with Crippen molar-refractivity contribution in [2.75, 3.05) is 20.1 Å². The molecule has 6 heteroatoms. The molecule has 2 N–H and O–H groups in total. The Morgan fingerprint density at radius 2 is 2.06 bits per heavy atom. The first kappa shape index (κ1) is 16.2. The Labute approximate surface area is 109 Å². The summed E-state index contributed by atoms with van der Waals surface area (Å²) in [4.78, 5) is 24.7. The number of carbonyl (C=O) groups is 2. The molecule has 17 heavy (non-hydrogen) atoms. The maximum absolute atomic E-state index is 12.0. The van der Waals surface area contributed by atoms with E-state index in [1.54, 1.807) is 6.92 Å². The lowest BCUT2D eigenvalue weighted by molar-refractivity contribution is -0.136. The first-order valence-electron chi connectivity index (χ1n) is 5.77. The summed E-state index contributed by atoms with van der Waals surface area (Å²) in [5.74, 6) is -0.154. The number of nitrogens with zero attached hydrogens (tertiary/aromatic N) is 1. The number of amides is 2. The van der Waals surface area contributed by atoms with Gasteiger partial charge >= 0.3 is 0 Å². The first-order chi connectivity index (χ1) is 7.54. The maximum Gasteiger partial charge on any atom is 0.244 e. The summed E-state index contributed by atoms with van der Waals surface area (Å²) in [5, 5.41) is 5.81. The van der Waals surface area contributed by atoms with Crippen molar-refractivity contribution in [2.24, 2.45) is 0 Å². The number of halogens is 1. The molecular weight excluding hydrogens is 242 g/mol. The van der Waals surface area contributed by atoms with Gasteiger partial charge in [-0.15, -0.1) is 12.4 Å². The Morgan fingerprint density at radius 1 is 1.41 bits per heavy atom. The van der Waals surface area contributed by atoms with Crippen LogP contribution in [0.1, 0.15) is 26.7 Å². The summed E-state index contributed by atoms with van der Waals surface area (Å²) in [6, 6.07) is -0.0460. The second-order valence-corrected chi connectivity index (χ2v) is 4.33. The van der Waals surface area contributed by atoms with Crippen LogP contribution in [0.15, 0.2) is 0 Å². The molecule has 1 aliphatic heterocycles. The molecule has 1 rings (SSSR count). The van der Waals surface area contributed by atoms with Crippen molar-refractivity contribution in [1.29, 1.82) is 0 Å². The molecule has 0 aliphatic carbocycles. The fourth-order valence-electron chi connectivity index (χ4n) is 2.05. The normalized spacial score (nSPS) is 21.4. The van der Waals surface area contributed by atoms with E-state index in [-0.39, 0.29) is 24.2 Å². The number of nitrogens with one attached hydrogen (secondary N) is 2. The molecule has 1 saturated heterocycles. The number of likely N-dealkylation sites (N-methyl/N-ethyl adjacent to an activating group) is 1. The van der Waals surface area contributed by atoms with Gasteiger partial charge in [0.25, 0.3) is 0 Å². The molecule has 2 unspecified atom stereocenters. The number of piperidine rings is 1. The van der Waals surface area contributed by atoms with Gasteiger partial charge in [0.15, 0.2) is 0 Å². The van der Waals surface area contributed by atoms with Gasteiger partial charge in [-0.05, 0) is 26.8 Å². The van der Waals surface area contributed by atoms with Gasteiger partial charge in [-0.25, -0.2) is 0 Å². The van der Waals surface area contributed by atoms with Crippen molar-refractivity contribution in [3.63, 3.8) is 0 Å². The highest BCUT2D eigenvalue weighted by Gasteiger charge is 2.26. The van der Waals surface area contributed by atoms with Crippen molar-refractivity contribution < 1.29 is 9.59 Å². The molecule has 100 valence electrons. The zero-order valence-corrected chi connectivity index (χ0v) is 11.5. The van der Waals surface area contributed by atoms with Crippen molar-refractivity contribution >= 4 is 24.2 Å². The smallest absolute Gasteiger partial charge is 0.244 e. The Kier molecular flexibility index (Phi) is 7.15. The molecule has 0 spiro atoms. The highest BCUT2D eigenvalue weighted by atomic mass is 35.5. The molecule has 0 aromatic carbocycles. The Hall–Kier alpha value is -0.810. The second-order valence-electron chi connectivity index (χ2n) is 4.33. The van der Waals surface area contributed by atoms with E-state index in [0.717, 1.165) is 25.9 Å². The summed E-state index contributed by atoms with van der Waals surface area (Å²) >= 11 is 0. The third kappa shape index (κ3) is 4.91. The van der Waals surface area contributed by atoms with Crippen LogP contribution in [-0.4, -0.2) is 48.9 Å². The predicted octanol–water partition coefficient (Wildman–Crippen LogP) is 0.143. The van der Waals surface area contributed by atoms with Gasteiger partial charge < -0.3 is 15.5 Å². The average molecular weight is 264 g/mol. The maximum atomic E-state index is 12.0. The van der Waals surface area contributed by atoms with Gasteiger partial charge in [-0.1, -0.05) is 0 Å². The van der Waals surface area contributed by atoms with Crippen LogP contribution >= 0.6 is 12.4 Å². The van der Waals surface area contributed by atoms with Gasteiger partial charge in [0, 0.05) is 26.1 Å². The summed E-state index contributed by atoms with van der Waals surface area (Å²) in [6.07, 6.45) is 2.12. The Bertz CT molecular complexity index is 273. The minimum atomic E-state index is -0.423. The quantitative estimate of drug-likeness (QED) is 0.762. The third-order valence-corrected chi connectivity index (χ3v) is 2.93. The van der Waals surface area contributed by atoms with Crippen LogP contribution in [0.3, 0.4) is 0 Å². The highest BCUT2D eigenvalue weighted by Crippen LogP contribution is 2.10. The van der Waals surface area contributed by atoms with E-state index in [1.165, 1.54) is 6.92 Å². The number of hydrogen-bond donors (Lipinski definition) is 2. The topological polar surface area (TPSA) is 61.4 Å². The number of rotatable bonds is 3.